The Bertz CT molecular complexity index is 1980. The summed E-state index contributed by atoms with van der Waals surface area (Å²) in [6.07, 6.45) is -2.46. The Kier molecular flexibility index (Phi) is 11.2. The number of fused-ring (bicyclic) bond motifs is 3. The molecule has 2 aromatic rings. The highest BCUT2D eigenvalue weighted by Gasteiger charge is 2.62. The Hall–Kier alpha value is -4.72. The van der Waals surface area contributed by atoms with Gasteiger partial charge in [-0.05, 0) is 56.6 Å². The van der Waals surface area contributed by atoms with Crippen molar-refractivity contribution >= 4 is 44.9 Å². The number of ether oxygens (including phenoxy) is 3. The van der Waals surface area contributed by atoms with E-state index >= 15 is 0 Å². The molecule has 1 saturated heterocycles. The van der Waals surface area contributed by atoms with Crippen molar-refractivity contribution in [2.45, 2.75) is 87.0 Å². The molecule has 20 heteroatoms. The van der Waals surface area contributed by atoms with Crippen LogP contribution in [0, 0.1) is 17.8 Å². The van der Waals surface area contributed by atoms with Gasteiger partial charge in [0.2, 0.25) is 33.4 Å². The zero-order valence-corrected chi connectivity index (χ0v) is 31.1. The summed E-state index contributed by atoms with van der Waals surface area (Å²) < 4.78 is 87.1. The number of alkyl halides is 3. The third-order valence-electron chi connectivity index (χ3n) is 10.5. The van der Waals surface area contributed by atoms with Crippen LogP contribution in [0.3, 0.4) is 0 Å². The Morgan fingerprint density at radius 2 is 1.85 bits per heavy atom. The van der Waals surface area contributed by atoms with Crippen LogP contribution in [0.2, 0.25) is 0 Å². The van der Waals surface area contributed by atoms with E-state index in [0.717, 1.165) is 4.90 Å². The minimum absolute atomic E-state index is 0.00759. The molecular formula is C35H43F3N6O10S. The van der Waals surface area contributed by atoms with Crippen molar-refractivity contribution in [1.82, 2.24) is 30.2 Å². The lowest BCUT2D eigenvalue weighted by Gasteiger charge is -2.33. The minimum Gasteiger partial charge on any atom is -0.497 e. The molecule has 4 aliphatic rings. The molecule has 4 amide bonds. The van der Waals surface area contributed by atoms with Gasteiger partial charge in [-0.3, -0.25) is 19.1 Å². The molecule has 0 bridgehead atoms. The molecule has 0 radical (unpaired) electrons. The second-order valence-corrected chi connectivity index (χ2v) is 16.6. The number of carboxylic acid groups (broad SMARTS) is 1. The number of rotatable bonds is 9. The van der Waals surface area contributed by atoms with E-state index in [-0.39, 0.29) is 35.7 Å². The average Bonchev–Trinajstić information content (AvgIpc) is 4.04. The van der Waals surface area contributed by atoms with E-state index in [1.165, 1.54) is 32.4 Å². The van der Waals surface area contributed by atoms with Gasteiger partial charge in [0, 0.05) is 31.4 Å². The number of hydrogen-bond donors (Lipinski definition) is 4. The largest absolute Gasteiger partial charge is 0.497 e. The molecule has 2 aliphatic carbocycles. The number of benzene rings is 1. The second kappa shape index (κ2) is 15.4. The zero-order valence-electron chi connectivity index (χ0n) is 30.3. The first-order chi connectivity index (χ1) is 25.9. The quantitative estimate of drug-likeness (QED) is 0.270. The molecule has 4 N–H and O–H groups in total. The highest BCUT2D eigenvalue weighted by molar-refractivity contribution is 7.91. The molecule has 300 valence electrons. The molecule has 7 atom stereocenters. The molecule has 2 saturated carbocycles. The Labute approximate surface area is 314 Å². The van der Waals surface area contributed by atoms with Gasteiger partial charge in [-0.1, -0.05) is 19.1 Å². The summed E-state index contributed by atoms with van der Waals surface area (Å²) in [5, 5.41) is 14.0. The van der Waals surface area contributed by atoms with Gasteiger partial charge in [-0.25, -0.2) is 23.2 Å². The zero-order chi connectivity index (χ0) is 39.9. The van der Waals surface area contributed by atoms with E-state index in [0.29, 0.717) is 32.1 Å². The molecule has 3 heterocycles. The summed E-state index contributed by atoms with van der Waals surface area (Å²) in [7, 11) is -1.27. The predicted molar refractivity (Wildman–Crippen MR) is 187 cm³/mol. The molecule has 55 heavy (non-hydrogen) atoms. The van der Waals surface area contributed by atoms with Crippen molar-refractivity contribution < 1.29 is 60.1 Å². The maximum Gasteiger partial charge on any atom is 0.438 e. The Balaban J connectivity index is 1.39. The smallest absolute Gasteiger partial charge is 0.438 e. The number of aromatic nitrogens is 2. The summed E-state index contributed by atoms with van der Waals surface area (Å²) in [5.41, 5.74) is -3.26. The van der Waals surface area contributed by atoms with Crippen LogP contribution in [0.4, 0.5) is 18.0 Å². The van der Waals surface area contributed by atoms with Crippen LogP contribution in [0.15, 0.2) is 30.4 Å². The lowest BCUT2D eigenvalue weighted by molar-refractivity contribution is -0.143. The first-order valence-electron chi connectivity index (χ1n) is 17.9. The van der Waals surface area contributed by atoms with Gasteiger partial charge in [-0.15, -0.1) is 0 Å². The van der Waals surface area contributed by atoms with Crippen molar-refractivity contribution in [3.05, 3.63) is 36.0 Å². The van der Waals surface area contributed by atoms with E-state index < -0.39 is 105 Å². The predicted octanol–water partition coefficient (Wildman–Crippen LogP) is 2.76. The van der Waals surface area contributed by atoms with E-state index in [2.05, 4.69) is 25.3 Å². The number of hydrogen-bond acceptors (Lipinski definition) is 11. The fourth-order valence-electron chi connectivity index (χ4n) is 7.39. The Morgan fingerprint density at radius 3 is 2.51 bits per heavy atom. The number of allylic oxidation sites excluding steroid dienone is 1. The first-order valence-corrected chi connectivity index (χ1v) is 19.4. The summed E-state index contributed by atoms with van der Waals surface area (Å²) in [6.45, 7) is 1.38. The number of halogens is 3. The number of carbonyl (C=O) groups is 4. The van der Waals surface area contributed by atoms with Crippen LogP contribution in [-0.4, -0.2) is 109 Å². The van der Waals surface area contributed by atoms with Gasteiger partial charge in [0.1, 0.15) is 29.5 Å². The first kappa shape index (κ1) is 40.0. The third kappa shape index (κ3) is 8.74. The van der Waals surface area contributed by atoms with Crippen LogP contribution in [0.1, 0.15) is 57.6 Å². The van der Waals surface area contributed by atoms with Gasteiger partial charge in [0.05, 0.1) is 36.5 Å². The van der Waals surface area contributed by atoms with Crippen molar-refractivity contribution in [3.63, 3.8) is 0 Å². The molecule has 3 fully saturated rings. The second-order valence-electron chi connectivity index (χ2n) is 14.6. The molecule has 0 unspecified atom stereocenters. The number of carbonyl (C=O) groups excluding carboxylic acids is 3. The van der Waals surface area contributed by atoms with Crippen molar-refractivity contribution in [2.75, 3.05) is 27.4 Å². The monoisotopic (exact) mass is 796 g/mol. The van der Waals surface area contributed by atoms with Crippen molar-refractivity contribution in [1.29, 1.82) is 0 Å². The van der Waals surface area contributed by atoms with Gasteiger partial charge >= 0.3 is 12.3 Å². The molecule has 0 spiro atoms. The number of nitrogens with one attached hydrogen (secondary N) is 3. The van der Waals surface area contributed by atoms with Crippen LogP contribution < -0.4 is 24.8 Å². The van der Waals surface area contributed by atoms with E-state index in [1.807, 2.05) is 13.0 Å². The van der Waals surface area contributed by atoms with Crippen molar-refractivity contribution in [2.24, 2.45) is 17.8 Å². The van der Waals surface area contributed by atoms with Gasteiger partial charge in [0.15, 0.2) is 0 Å². The number of methoxy groups -OCH3 is 2. The highest BCUT2D eigenvalue weighted by atomic mass is 32.2. The van der Waals surface area contributed by atoms with E-state index in [4.69, 9.17) is 14.2 Å². The Morgan fingerprint density at radius 1 is 1.11 bits per heavy atom. The molecule has 1 aromatic carbocycles. The molecule has 1 aromatic heterocycles. The topological polar surface area (TPSA) is 215 Å². The molecule has 2 aliphatic heterocycles. The summed E-state index contributed by atoms with van der Waals surface area (Å²) in [6, 6.07) is 1.11. The number of sulfonamides is 1. The van der Waals surface area contributed by atoms with Crippen LogP contribution in [0.5, 0.6) is 11.6 Å². The molecule has 16 nitrogen and oxygen atoms in total. The van der Waals surface area contributed by atoms with E-state index in [1.54, 1.807) is 6.08 Å². The van der Waals surface area contributed by atoms with Gasteiger partial charge in [-0.2, -0.15) is 13.2 Å². The van der Waals surface area contributed by atoms with Gasteiger partial charge < -0.3 is 34.9 Å². The maximum atomic E-state index is 14.5. The fraction of sp³-hybridized carbons (Fsp3) is 0.600. The van der Waals surface area contributed by atoms with E-state index in [9.17, 15) is 45.9 Å². The highest BCUT2D eigenvalue weighted by Crippen LogP contribution is 2.46. The lowest BCUT2D eigenvalue weighted by Crippen LogP contribution is -2.59. The minimum atomic E-state index is -5.03. The summed E-state index contributed by atoms with van der Waals surface area (Å²) in [5.74, 6) is -4.77. The van der Waals surface area contributed by atoms with Crippen LogP contribution in [-0.2, 0) is 35.3 Å². The average molecular weight is 797 g/mol. The number of nitrogens with zero attached hydrogens (tertiary/aromatic N) is 3. The fourth-order valence-corrected chi connectivity index (χ4v) is 8.76. The SMILES string of the molecule is COC[C@@H]1C[C@H](C)CC/C=C\[C@@H]2C[C@@]2(C(=O)NS(=O)(=O)C2CC2)NC(=O)[C@@H]2C[C@@H](Oc3nc4cc(OC)ccc4nc3C(F)(F)F)CN2C(=O)[C@H]1NC(=O)O. The lowest BCUT2D eigenvalue weighted by atomic mass is 9.87. The molecule has 6 rings (SSSR count). The van der Waals surface area contributed by atoms with Crippen LogP contribution in [0.25, 0.3) is 11.0 Å². The molecular weight excluding hydrogens is 753 g/mol. The van der Waals surface area contributed by atoms with Gasteiger partial charge in [0.25, 0.3) is 5.91 Å². The van der Waals surface area contributed by atoms with Crippen molar-refractivity contribution in [3.8, 4) is 11.6 Å². The summed E-state index contributed by atoms with van der Waals surface area (Å²) >= 11 is 0. The maximum absolute atomic E-state index is 14.5. The normalized spacial score (nSPS) is 29.5. The van der Waals surface area contributed by atoms with Crippen LogP contribution >= 0.6 is 0 Å². The third-order valence-corrected chi connectivity index (χ3v) is 12.3. The number of amides is 4. The standard InChI is InChI=1S/C35H43F3N6O10S/c1-18-6-4-5-7-20-15-34(20,32(47)43-55(50,51)23-9-10-23)42-29(45)26-14-22(16-44(26)31(46)27(41-33(48)49)19(12-18)17-52-2)54-30-28(35(36,37)38)39-24-11-8-21(53-3)13-25(24)40-30/h5,7-8,11,13,18-20,22-23,26-27,41H,4,6,9-10,12,14-17H2,1-3H3,(H,42,45)(H,43,47)(H,48,49)/b7-5-/t18-,19+,20-,22-,26+,27+,34-/m1/s1. The summed E-state index contributed by atoms with van der Waals surface area (Å²) in [4.78, 5) is 63.4.